The molecule has 6 nitrogen and oxygen atoms in total. The van der Waals surface area contributed by atoms with E-state index in [0.717, 1.165) is 4.90 Å². The van der Waals surface area contributed by atoms with Gasteiger partial charge in [-0.25, -0.2) is 4.79 Å². The molecule has 1 aliphatic rings. The lowest BCUT2D eigenvalue weighted by molar-refractivity contribution is -0.133. The van der Waals surface area contributed by atoms with Gasteiger partial charge in [-0.05, 0) is 36.1 Å². The van der Waals surface area contributed by atoms with E-state index in [1.165, 1.54) is 5.56 Å². The van der Waals surface area contributed by atoms with Crippen molar-refractivity contribution in [2.24, 2.45) is 0 Å². The summed E-state index contributed by atoms with van der Waals surface area (Å²) in [4.78, 5) is 38.4. The Balaban J connectivity index is 1.69. The maximum Gasteiger partial charge on any atom is 0.325 e. The number of benzene rings is 2. The number of amides is 4. The van der Waals surface area contributed by atoms with E-state index in [9.17, 15) is 14.4 Å². The highest BCUT2D eigenvalue weighted by Gasteiger charge is 2.49. The second kappa shape index (κ2) is 7.23. The lowest BCUT2D eigenvalue weighted by Gasteiger charge is -2.22. The number of carbonyl (C=O) groups excluding carboxylic acids is 3. The van der Waals surface area contributed by atoms with Crippen LogP contribution in [0.5, 0.6) is 0 Å². The minimum atomic E-state index is -1.17. The summed E-state index contributed by atoms with van der Waals surface area (Å²) in [6.07, 6.45) is 0. The molecule has 0 unspecified atom stereocenters. The van der Waals surface area contributed by atoms with E-state index >= 15 is 0 Å². The van der Waals surface area contributed by atoms with Crippen LogP contribution in [-0.4, -0.2) is 29.3 Å². The molecule has 1 heterocycles. The van der Waals surface area contributed by atoms with E-state index in [2.05, 4.69) is 24.5 Å². The monoisotopic (exact) mass is 365 g/mol. The molecular formula is C21H23N3O3. The van der Waals surface area contributed by atoms with Crippen molar-refractivity contribution >= 4 is 23.5 Å². The van der Waals surface area contributed by atoms with Gasteiger partial charge in [0.2, 0.25) is 5.91 Å². The third-order valence-corrected chi connectivity index (χ3v) is 4.79. The van der Waals surface area contributed by atoms with Gasteiger partial charge in [0.15, 0.2) is 0 Å². The molecule has 2 aromatic rings. The zero-order valence-corrected chi connectivity index (χ0v) is 15.7. The molecule has 2 aromatic carbocycles. The largest absolute Gasteiger partial charge is 0.325 e. The average molecular weight is 365 g/mol. The van der Waals surface area contributed by atoms with Crippen LogP contribution >= 0.6 is 0 Å². The molecule has 4 amide bonds. The number of hydrogen-bond acceptors (Lipinski definition) is 3. The Labute approximate surface area is 158 Å². The van der Waals surface area contributed by atoms with Crippen LogP contribution in [0.3, 0.4) is 0 Å². The normalized spacial score (nSPS) is 19.3. The minimum Gasteiger partial charge on any atom is -0.325 e. The number of carbonyl (C=O) groups is 3. The molecule has 0 saturated carbocycles. The van der Waals surface area contributed by atoms with Crippen molar-refractivity contribution in [2.75, 3.05) is 11.9 Å². The Morgan fingerprint density at radius 3 is 2.30 bits per heavy atom. The quantitative estimate of drug-likeness (QED) is 0.799. The highest BCUT2D eigenvalue weighted by Crippen LogP contribution is 2.28. The number of hydrogen-bond donors (Lipinski definition) is 2. The summed E-state index contributed by atoms with van der Waals surface area (Å²) in [6.45, 7) is 5.49. The van der Waals surface area contributed by atoms with E-state index in [1.54, 1.807) is 31.2 Å². The van der Waals surface area contributed by atoms with Gasteiger partial charge < -0.3 is 10.6 Å². The van der Waals surface area contributed by atoms with Crippen molar-refractivity contribution in [1.82, 2.24) is 10.2 Å². The van der Waals surface area contributed by atoms with Gasteiger partial charge in [-0.3, -0.25) is 14.5 Å². The second-order valence-electron chi connectivity index (χ2n) is 7.14. The lowest BCUT2D eigenvalue weighted by Crippen LogP contribution is -2.42. The second-order valence-corrected chi connectivity index (χ2v) is 7.14. The Kier molecular flexibility index (Phi) is 4.99. The third kappa shape index (κ3) is 3.69. The van der Waals surface area contributed by atoms with Crippen LogP contribution in [-0.2, 0) is 15.1 Å². The molecule has 6 heteroatoms. The van der Waals surface area contributed by atoms with Gasteiger partial charge in [-0.15, -0.1) is 0 Å². The van der Waals surface area contributed by atoms with Gasteiger partial charge in [0, 0.05) is 5.69 Å². The van der Waals surface area contributed by atoms with E-state index in [-0.39, 0.29) is 6.54 Å². The smallest absolute Gasteiger partial charge is 0.325 e. The van der Waals surface area contributed by atoms with Crippen LogP contribution in [0.2, 0.25) is 0 Å². The van der Waals surface area contributed by atoms with Crippen LogP contribution in [0, 0.1) is 0 Å². The molecule has 2 N–H and O–H groups in total. The van der Waals surface area contributed by atoms with Crippen molar-refractivity contribution < 1.29 is 14.4 Å². The fourth-order valence-corrected chi connectivity index (χ4v) is 3.10. The molecule has 1 aliphatic heterocycles. The van der Waals surface area contributed by atoms with Gasteiger partial charge in [0.05, 0.1) is 0 Å². The number of nitrogens with zero attached hydrogens (tertiary/aromatic N) is 1. The number of imide groups is 1. The maximum absolute atomic E-state index is 12.8. The SMILES string of the molecule is CC(C)c1ccc(NC(=O)CN2C(=O)N[C@@](C)(c3ccccc3)C2=O)cc1. The zero-order chi connectivity index (χ0) is 19.6. The summed E-state index contributed by atoms with van der Waals surface area (Å²) in [6, 6.07) is 15.9. The van der Waals surface area contributed by atoms with E-state index in [1.807, 2.05) is 30.3 Å². The number of nitrogens with one attached hydrogen (secondary N) is 2. The summed E-state index contributed by atoms with van der Waals surface area (Å²) in [5.74, 6) is -0.464. The van der Waals surface area contributed by atoms with E-state index < -0.39 is 23.4 Å². The van der Waals surface area contributed by atoms with Crippen molar-refractivity contribution in [3.05, 3.63) is 65.7 Å². The number of anilines is 1. The van der Waals surface area contributed by atoms with Gasteiger partial charge >= 0.3 is 6.03 Å². The van der Waals surface area contributed by atoms with Crippen molar-refractivity contribution in [1.29, 1.82) is 0 Å². The van der Waals surface area contributed by atoms with E-state index in [4.69, 9.17) is 0 Å². The highest BCUT2D eigenvalue weighted by atomic mass is 16.2. The Morgan fingerprint density at radius 1 is 1.07 bits per heavy atom. The van der Waals surface area contributed by atoms with Crippen LogP contribution < -0.4 is 10.6 Å². The molecular weight excluding hydrogens is 342 g/mol. The lowest BCUT2D eigenvalue weighted by atomic mass is 9.92. The van der Waals surface area contributed by atoms with Crippen LogP contribution in [0.1, 0.15) is 37.8 Å². The molecule has 140 valence electrons. The standard InChI is InChI=1S/C21H23N3O3/c1-14(2)15-9-11-17(12-10-15)22-18(25)13-24-19(26)21(3,23-20(24)27)16-7-5-4-6-8-16/h4-12,14H,13H2,1-3H3,(H,22,25)(H,23,27)/t21-/m0/s1. The summed E-state index contributed by atoms with van der Waals surface area (Å²) in [5, 5.41) is 5.42. The summed E-state index contributed by atoms with van der Waals surface area (Å²) in [7, 11) is 0. The first-order valence-corrected chi connectivity index (χ1v) is 8.90. The molecule has 1 saturated heterocycles. The minimum absolute atomic E-state index is 0.334. The van der Waals surface area contributed by atoms with Crippen molar-refractivity contribution in [3.63, 3.8) is 0 Å². The topological polar surface area (TPSA) is 78.5 Å². The first kappa shape index (κ1) is 18.6. The molecule has 0 aliphatic carbocycles. The molecule has 0 aromatic heterocycles. The van der Waals surface area contributed by atoms with Crippen molar-refractivity contribution in [2.45, 2.75) is 32.2 Å². The fraction of sp³-hybridized carbons (Fsp3) is 0.286. The van der Waals surface area contributed by atoms with Crippen LogP contribution in [0.25, 0.3) is 0 Å². The molecule has 0 spiro atoms. The Bertz CT molecular complexity index is 862. The first-order chi connectivity index (χ1) is 12.8. The third-order valence-electron chi connectivity index (χ3n) is 4.79. The predicted octanol–water partition coefficient (Wildman–Crippen LogP) is 3.22. The average Bonchev–Trinajstić information content (AvgIpc) is 2.87. The van der Waals surface area contributed by atoms with Gasteiger partial charge in [0.1, 0.15) is 12.1 Å². The number of urea groups is 1. The fourth-order valence-electron chi connectivity index (χ4n) is 3.10. The molecule has 0 bridgehead atoms. The Morgan fingerprint density at radius 2 is 1.70 bits per heavy atom. The molecule has 1 atom stereocenters. The van der Waals surface area contributed by atoms with Gasteiger partial charge in [-0.1, -0.05) is 56.3 Å². The van der Waals surface area contributed by atoms with E-state index in [0.29, 0.717) is 17.2 Å². The molecule has 27 heavy (non-hydrogen) atoms. The molecule has 3 rings (SSSR count). The molecule has 1 fully saturated rings. The summed E-state index contributed by atoms with van der Waals surface area (Å²) in [5.41, 5.74) is 1.30. The predicted molar refractivity (Wildman–Crippen MR) is 103 cm³/mol. The van der Waals surface area contributed by atoms with Gasteiger partial charge in [-0.2, -0.15) is 0 Å². The summed E-state index contributed by atoms with van der Waals surface area (Å²) < 4.78 is 0. The molecule has 0 radical (unpaired) electrons. The van der Waals surface area contributed by atoms with Gasteiger partial charge in [0.25, 0.3) is 5.91 Å². The first-order valence-electron chi connectivity index (χ1n) is 8.90. The van der Waals surface area contributed by atoms with Crippen LogP contribution in [0.15, 0.2) is 54.6 Å². The summed E-state index contributed by atoms with van der Waals surface area (Å²) >= 11 is 0. The number of rotatable bonds is 5. The highest BCUT2D eigenvalue weighted by molar-refractivity contribution is 6.10. The van der Waals surface area contributed by atoms with Crippen molar-refractivity contribution in [3.8, 4) is 0 Å². The van der Waals surface area contributed by atoms with Crippen LogP contribution in [0.4, 0.5) is 10.5 Å². The zero-order valence-electron chi connectivity index (χ0n) is 15.7. The maximum atomic E-state index is 12.8. The Hall–Kier alpha value is -3.15.